The summed E-state index contributed by atoms with van der Waals surface area (Å²) in [7, 11) is -3.34. The van der Waals surface area contributed by atoms with Gasteiger partial charge in [-0.1, -0.05) is 48.5 Å². The first-order valence-corrected chi connectivity index (χ1v) is 12.3. The van der Waals surface area contributed by atoms with Gasteiger partial charge in [-0.3, -0.25) is 9.69 Å². The Morgan fingerprint density at radius 3 is 2.65 bits per heavy atom. The monoisotopic (exact) mass is 442 g/mol. The van der Waals surface area contributed by atoms with Crippen molar-refractivity contribution in [3.05, 3.63) is 71.5 Å². The summed E-state index contributed by atoms with van der Waals surface area (Å²) in [5, 5.41) is 3.50. The van der Waals surface area contributed by atoms with Gasteiger partial charge < -0.3 is 14.5 Å². The van der Waals surface area contributed by atoms with Crippen molar-refractivity contribution in [1.29, 1.82) is 0 Å². The first kappa shape index (κ1) is 21.5. The van der Waals surface area contributed by atoms with Crippen LogP contribution in [0.25, 0.3) is 11.0 Å². The number of rotatable bonds is 7. The normalized spacial score (nSPS) is 17.6. The van der Waals surface area contributed by atoms with Gasteiger partial charge in [0.25, 0.3) is 5.91 Å². The first-order chi connectivity index (χ1) is 14.9. The predicted molar refractivity (Wildman–Crippen MR) is 119 cm³/mol. The second-order valence-electron chi connectivity index (χ2n) is 7.90. The number of amides is 1. The van der Waals surface area contributed by atoms with E-state index < -0.39 is 15.7 Å². The van der Waals surface area contributed by atoms with Crippen LogP contribution in [0.4, 0.5) is 0 Å². The van der Waals surface area contributed by atoms with Crippen LogP contribution in [0.3, 0.4) is 0 Å². The molecule has 1 N–H and O–H groups in total. The van der Waals surface area contributed by atoms with Crippen molar-refractivity contribution >= 4 is 26.7 Å². The van der Waals surface area contributed by atoms with Crippen molar-refractivity contribution in [2.24, 2.45) is 0 Å². The molecule has 1 aromatic heterocycles. The molecule has 7 nitrogen and oxygen atoms in total. The summed E-state index contributed by atoms with van der Waals surface area (Å²) in [6, 6.07) is 17.3. The number of hydrogen-bond acceptors (Lipinski definition) is 6. The van der Waals surface area contributed by atoms with E-state index >= 15 is 0 Å². The van der Waals surface area contributed by atoms with E-state index in [0.717, 1.165) is 19.3 Å². The number of fused-ring (bicyclic) bond motifs is 1. The van der Waals surface area contributed by atoms with E-state index in [9.17, 15) is 13.2 Å². The fourth-order valence-corrected chi connectivity index (χ4v) is 4.67. The second kappa shape index (κ2) is 9.21. The Kier molecular flexibility index (Phi) is 6.41. The molecule has 0 bridgehead atoms. The lowest BCUT2D eigenvalue weighted by Gasteiger charge is -2.33. The number of sulfone groups is 1. The topological polar surface area (TPSA) is 88.9 Å². The van der Waals surface area contributed by atoms with Crippen LogP contribution in [0.2, 0.25) is 0 Å². The molecule has 2 heterocycles. The number of benzene rings is 2. The predicted octanol–water partition coefficient (Wildman–Crippen LogP) is 2.61. The molecule has 4 rings (SSSR count). The molecule has 1 aliphatic rings. The number of ether oxygens (including phenoxy) is 1. The molecule has 8 heteroatoms. The molecule has 1 saturated heterocycles. The highest BCUT2D eigenvalue weighted by Crippen LogP contribution is 2.27. The summed E-state index contributed by atoms with van der Waals surface area (Å²) in [5.74, 6) is -0.639. The molecule has 0 spiro atoms. The van der Waals surface area contributed by atoms with Crippen LogP contribution in [0.15, 0.2) is 59.0 Å². The van der Waals surface area contributed by atoms with E-state index in [0.29, 0.717) is 36.2 Å². The van der Waals surface area contributed by atoms with Gasteiger partial charge in [0.15, 0.2) is 15.6 Å². The average Bonchev–Trinajstić information content (AvgIpc) is 3.10. The minimum Gasteiger partial charge on any atom is -0.451 e. The summed E-state index contributed by atoms with van der Waals surface area (Å²) in [4.78, 5) is 15.2. The molecule has 1 atom stereocenters. The van der Waals surface area contributed by atoms with Crippen LogP contribution in [0, 0.1) is 0 Å². The molecule has 164 valence electrons. The second-order valence-corrected chi connectivity index (χ2v) is 10.0. The number of morpholine rings is 1. The summed E-state index contributed by atoms with van der Waals surface area (Å²) < 4.78 is 35.4. The minimum atomic E-state index is -3.34. The van der Waals surface area contributed by atoms with Crippen molar-refractivity contribution in [2.45, 2.75) is 18.4 Å². The average molecular weight is 443 g/mol. The third-order valence-electron chi connectivity index (χ3n) is 5.27. The van der Waals surface area contributed by atoms with Crippen molar-refractivity contribution < 1.29 is 22.4 Å². The molecule has 2 aromatic carbocycles. The zero-order valence-electron chi connectivity index (χ0n) is 17.4. The number of para-hydroxylation sites is 1. The lowest BCUT2D eigenvalue weighted by atomic mass is 10.1. The molecule has 1 amide bonds. The molecule has 1 fully saturated rings. The Morgan fingerprint density at radius 2 is 1.87 bits per heavy atom. The van der Waals surface area contributed by atoms with E-state index in [1.54, 1.807) is 24.3 Å². The summed E-state index contributed by atoms with van der Waals surface area (Å²) >= 11 is 0. The highest BCUT2D eigenvalue weighted by atomic mass is 32.2. The Balaban J connectivity index is 1.43. The van der Waals surface area contributed by atoms with Gasteiger partial charge in [0.1, 0.15) is 5.58 Å². The fourth-order valence-electron chi connectivity index (χ4n) is 3.86. The largest absolute Gasteiger partial charge is 0.451 e. The van der Waals surface area contributed by atoms with Gasteiger partial charge in [0, 0.05) is 43.4 Å². The van der Waals surface area contributed by atoms with Crippen molar-refractivity contribution in [3.8, 4) is 0 Å². The lowest BCUT2D eigenvalue weighted by molar-refractivity contribution is -0.0293. The van der Waals surface area contributed by atoms with Gasteiger partial charge >= 0.3 is 0 Å². The Labute approximate surface area is 181 Å². The zero-order chi connectivity index (χ0) is 21.8. The quantitative estimate of drug-likeness (QED) is 0.605. The molecule has 1 aliphatic heterocycles. The van der Waals surface area contributed by atoms with E-state index in [4.69, 9.17) is 9.15 Å². The Morgan fingerprint density at radius 1 is 1.13 bits per heavy atom. The summed E-state index contributed by atoms with van der Waals surface area (Å²) in [5.41, 5.74) is 2.12. The molecule has 1 unspecified atom stereocenters. The molecular weight excluding hydrogens is 416 g/mol. The Bertz CT molecular complexity index is 1160. The maximum Gasteiger partial charge on any atom is 0.287 e. The molecule has 31 heavy (non-hydrogen) atoms. The molecule has 0 radical (unpaired) electrons. The SMILES string of the molecule is CS(=O)(=O)Cc1c(C(=O)NCC2CN(Cc3ccccc3)CCO2)oc2ccccc12. The minimum absolute atomic E-state index is 0.0450. The van der Waals surface area contributed by atoms with E-state index in [2.05, 4.69) is 22.3 Å². The number of carbonyl (C=O) groups excluding carboxylic acids is 1. The number of hydrogen-bond donors (Lipinski definition) is 1. The maximum atomic E-state index is 12.9. The zero-order valence-corrected chi connectivity index (χ0v) is 18.2. The highest BCUT2D eigenvalue weighted by molar-refractivity contribution is 7.89. The third-order valence-corrected chi connectivity index (χ3v) is 6.09. The molecule has 0 saturated carbocycles. The number of nitrogens with one attached hydrogen (secondary N) is 1. The summed E-state index contributed by atoms with van der Waals surface area (Å²) in [6.07, 6.45) is 0.998. The van der Waals surface area contributed by atoms with Crippen molar-refractivity contribution in [3.63, 3.8) is 0 Å². The third kappa shape index (κ3) is 5.52. The van der Waals surface area contributed by atoms with Crippen LogP contribution >= 0.6 is 0 Å². The van der Waals surface area contributed by atoms with Crippen LogP contribution in [0.1, 0.15) is 21.7 Å². The van der Waals surface area contributed by atoms with Crippen LogP contribution in [-0.2, 0) is 26.9 Å². The first-order valence-electron chi connectivity index (χ1n) is 10.2. The molecule has 3 aromatic rings. The molecule has 0 aliphatic carbocycles. The van der Waals surface area contributed by atoms with Gasteiger partial charge in [-0.25, -0.2) is 8.42 Å². The lowest BCUT2D eigenvalue weighted by Crippen LogP contribution is -2.47. The van der Waals surface area contributed by atoms with Gasteiger partial charge in [0.2, 0.25) is 0 Å². The van der Waals surface area contributed by atoms with Gasteiger partial charge in [-0.2, -0.15) is 0 Å². The van der Waals surface area contributed by atoms with Crippen LogP contribution in [0.5, 0.6) is 0 Å². The number of carbonyl (C=O) groups is 1. The Hall–Kier alpha value is -2.68. The van der Waals surface area contributed by atoms with Crippen molar-refractivity contribution in [2.75, 3.05) is 32.5 Å². The van der Waals surface area contributed by atoms with Gasteiger partial charge in [0.05, 0.1) is 18.5 Å². The highest BCUT2D eigenvalue weighted by Gasteiger charge is 2.25. The summed E-state index contributed by atoms with van der Waals surface area (Å²) in [6.45, 7) is 3.28. The molecular formula is C23H26N2O5S. The number of nitrogens with zero attached hydrogens (tertiary/aromatic N) is 1. The maximum absolute atomic E-state index is 12.9. The van der Waals surface area contributed by atoms with E-state index in [1.165, 1.54) is 5.56 Å². The van der Waals surface area contributed by atoms with Gasteiger partial charge in [-0.05, 0) is 11.6 Å². The fraction of sp³-hybridized carbons (Fsp3) is 0.348. The van der Waals surface area contributed by atoms with Crippen molar-refractivity contribution in [1.82, 2.24) is 10.2 Å². The van der Waals surface area contributed by atoms with E-state index in [-0.39, 0.29) is 17.6 Å². The van der Waals surface area contributed by atoms with Gasteiger partial charge in [-0.15, -0.1) is 0 Å². The smallest absolute Gasteiger partial charge is 0.287 e. The number of furan rings is 1. The van der Waals surface area contributed by atoms with E-state index in [1.807, 2.05) is 18.2 Å². The van der Waals surface area contributed by atoms with Crippen LogP contribution < -0.4 is 5.32 Å². The van der Waals surface area contributed by atoms with Crippen LogP contribution in [-0.4, -0.2) is 57.8 Å². The standard InChI is InChI=1S/C23H26N2O5S/c1-31(27,28)16-20-19-9-5-6-10-21(19)30-22(20)23(26)24-13-18-15-25(11-12-29-18)14-17-7-3-2-4-8-17/h2-10,18H,11-16H2,1H3,(H,24,26).